The van der Waals surface area contributed by atoms with Gasteiger partial charge in [-0.3, -0.25) is 4.98 Å². The van der Waals surface area contributed by atoms with E-state index < -0.39 is 6.43 Å². The molecule has 4 heteroatoms. The molecule has 1 aromatic heterocycles. The van der Waals surface area contributed by atoms with Gasteiger partial charge in [0.25, 0.3) is 6.43 Å². The molecule has 0 aromatic carbocycles. The molecule has 0 spiro atoms. The predicted molar refractivity (Wildman–Crippen MR) is 38.3 cm³/mol. The molecular formula is C7H8F2N2. The molecule has 0 aliphatic heterocycles. The van der Waals surface area contributed by atoms with E-state index in [1.165, 1.54) is 6.07 Å². The Morgan fingerprint density at radius 3 is 2.64 bits per heavy atom. The molecule has 0 saturated carbocycles. The molecule has 0 unspecified atom stereocenters. The summed E-state index contributed by atoms with van der Waals surface area (Å²) in [5, 5.41) is 0. The monoisotopic (exact) mass is 158 g/mol. The molecule has 2 nitrogen and oxygen atoms in total. The van der Waals surface area contributed by atoms with Gasteiger partial charge < -0.3 is 5.73 Å². The summed E-state index contributed by atoms with van der Waals surface area (Å²) in [7, 11) is 0. The molecule has 0 atom stereocenters. The molecule has 0 aliphatic carbocycles. The van der Waals surface area contributed by atoms with Crippen LogP contribution in [0, 0.1) is 6.92 Å². The molecule has 0 bridgehead atoms. The minimum absolute atomic E-state index is 0.104. The summed E-state index contributed by atoms with van der Waals surface area (Å²) in [5.74, 6) is 0. The van der Waals surface area contributed by atoms with Gasteiger partial charge in [0.15, 0.2) is 0 Å². The van der Waals surface area contributed by atoms with Crippen LogP contribution in [0.5, 0.6) is 0 Å². The van der Waals surface area contributed by atoms with E-state index in [1.54, 1.807) is 6.92 Å². The molecule has 1 heterocycles. The second-order valence-corrected chi connectivity index (χ2v) is 2.26. The summed E-state index contributed by atoms with van der Waals surface area (Å²) in [6.45, 7) is 1.70. The first-order valence-corrected chi connectivity index (χ1v) is 3.11. The molecule has 0 fully saturated rings. The third-order valence-corrected chi connectivity index (χ3v) is 1.34. The number of anilines is 1. The van der Waals surface area contributed by atoms with Crippen molar-refractivity contribution < 1.29 is 8.78 Å². The van der Waals surface area contributed by atoms with E-state index in [9.17, 15) is 8.78 Å². The van der Waals surface area contributed by atoms with E-state index in [4.69, 9.17) is 5.73 Å². The zero-order valence-electron chi connectivity index (χ0n) is 6.01. The zero-order valence-corrected chi connectivity index (χ0v) is 6.01. The Balaban J connectivity index is 3.09. The van der Waals surface area contributed by atoms with Crippen molar-refractivity contribution in [2.75, 3.05) is 5.73 Å². The van der Waals surface area contributed by atoms with Crippen LogP contribution in [0.4, 0.5) is 14.5 Å². The van der Waals surface area contributed by atoms with E-state index in [-0.39, 0.29) is 11.3 Å². The molecule has 0 aliphatic rings. The molecular weight excluding hydrogens is 150 g/mol. The van der Waals surface area contributed by atoms with Gasteiger partial charge in [0.2, 0.25) is 0 Å². The number of halogens is 2. The molecule has 60 valence electrons. The Labute approximate surface area is 63.1 Å². The maximum Gasteiger partial charge on any atom is 0.267 e. The highest BCUT2D eigenvalue weighted by atomic mass is 19.3. The van der Waals surface area contributed by atoms with Crippen molar-refractivity contribution >= 4 is 5.69 Å². The Bertz CT molecular complexity index is 261. The van der Waals surface area contributed by atoms with Gasteiger partial charge in [-0.05, 0) is 13.0 Å². The van der Waals surface area contributed by atoms with Crippen molar-refractivity contribution in [2.45, 2.75) is 13.3 Å². The predicted octanol–water partition coefficient (Wildman–Crippen LogP) is 1.91. The number of nitrogen functional groups attached to an aromatic ring is 1. The summed E-state index contributed by atoms with van der Waals surface area (Å²) in [6.07, 6.45) is -1.43. The van der Waals surface area contributed by atoms with Crippen LogP contribution in [0.25, 0.3) is 0 Å². The number of rotatable bonds is 1. The Hall–Kier alpha value is -1.19. The fourth-order valence-electron chi connectivity index (χ4n) is 0.774. The minimum atomic E-state index is -2.54. The van der Waals surface area contributed by atoms with Crippen LogP contribution >= 0.6 is 0 Å². The van der Waals surface area contributed by atoms with Crippen LogP contribution in [0.1, 0.15) is 17.7 Å². The summed E-state index contributed by atoms with van der Waals surface area (Å²) < 4.78 is 24.1. The Morgan fingerprint density at radius 2 is 2.18 bits per heavy atom. The average Bonchev–Trinajstić information content (AvgIpc) is 1.85. The standard InChI is InChI=1S/C7H8F2N2/c1-4-2-6(10)5(3-11-4)7(8)9/h2-3,7H,1H3,(H2,10,11). The molecule has 2 N–H and O–H groups in total. The van der Waals surface area contributed by atoms with Crippen LogP contribution in [0.2, 0.25) is 0 Å². The van der Waals surface area contributed by atoms with Crippen molar-refractivity contribution in [1.29, 1.82) is 0 Å². The number of alkyl halides is 2. The van der Waals surface area contributed by atoms with E-state index >= 15 is 0 Å². The Kier molecular flexibility index (Phi) is 2.03. The van der Waals surface area contributed by atoms with E-state index in [0.29, 0.717) is 5.69 Å². The average molecular weight is 158 g/mol. The maximum absolute atomic E-state index is 12.0. The molecule has 1 aromatic rings. The summed E-state index contributed by atoms with van der Waals surface area (Å²) in [6, 6.07) is 1.43. The van der Waals surface area contributed by atoms with Crippen molar-refractivity contribution in [3.63, 3.8) is 0 Å². The molecule has 0 saturated heterocycles. The lowest BCUT2D eigenvalue weighted by Gasteiger charge is -2.03. The first kappa shape index (κ1) is 7.91. The fourth-order valence-corrected chi connectivity index (χ4v) is 0.774. The second-order valence-electron chi connectivity index (χ2n) is 2.26. The quantitative estimate of drug-likeness (QED) is 0.678. The van der Waals surface area contributed by atoms with Crippen LogP contribution in [-0.4, -0.2) is 4.98 Å². The summed E-state index contributed by atoms with van der Waals surface area (Å²) in [5.41, 5.74) is 5.85. The summed E-state index contributed by atoms with van der Waals surface area (Å²) >= 11 is 0. The first-order chi connectivity index (χ1) is 5.11. The van der Waals surface area contributed by atoms with Crippen molar-refractivity contribution in [3.05, 3.63) is 23.5 Å². The third kappa shape index (κ3) is 1.63. The van der Waals surface area contributed by atoms with Gasteiger partial charge in [-0.1, -0.05) is 0 Å². The highest BCUT2D eigenvalue weighted by Gasteiger charge is 2.10. The largest absolute Gasteiger partial charge is 0.398 e. The number of nitrogens with two attached hydrogens (primary N) is 1. The van der Waals surface area contributed by atoms with Crippen LogP contribution in [0.3, 0.4) is 0 Å². The van der Waals surface area contributed by atoms with Gasteiger partial charge in [-0.15, -0.1) is 0 Å². The number of aryl methyl sites for hydroxylation is 1. The summed E-state index contributed by atoms with van der Waals surface area (Å²) in [4.78, 5) is 3.70. The van der Waals surface area contributed by atoms with Crippen molar-refractivity contribution in [2.24, 2.45) is 0 Å². The van der Waals surface area contributed by atoms with Crippen molar-refractivity contribution in [1.82, 2.24) is 4.98 Å². The number of nitrogens with zero attached hydrogens (tertiary/aromatic N) is 1. The van der Waals surface area contributed by atoms with Gasteiger partial charge in [0.05, 0.1) is 5.56 Å². The fraction of sp³-hybridized carbons (Fsp3) is 0.286. The molecule has 0 amide bonds. The maximum atomic E-state index is 12.0. The number of pyridine rings is 1. The SMILES string of the molecule is Cc1cc(N)c(C(F)F)cn1. The zero-order chi connectivity index (χ0) is 8.43. The number of hydrogen-bond donors (Lipinski definition) is 1. The first-order valence-electron chi connectivity index (χ1n) is 3.11. The lowest BCUT2D eigenvalue weighted by Crippen LogP contribution is -1.96. The van der Waals surface area contributed by atoms with Crippen molar-refractivity contribution in [3.8, 4) is 0 Å². The number of aromatic nitrogens is 1. The van der Waals surface area contributed by atoms with Crippen LogP contribution < -0.4 is 5.73 Å². The lowest BCUT2D eigenvalue weighted by molar-refractivity contribution is 0.152. The van der Waals surface area contributed by atoms with Crippen LogP contribution in [-0.2, 0) is 0 Å². The smallest absolute Gasteiger partial charge is 0.267 e. The van der Waals surface area contributed by atoms with Gasteiger partial charge in [-0.25, -0.2) is 8.78 Å². The highest BCUT2D eigenvalue weighted by molar-refractivity contribution is 5.46. The van der Waals surface area contributed by atoms with Crippen LogP contribution in [0.15, 0.2) is 12.3 Å². The van der Waals surface area contributed by atoms with Gasteiger partial charge in [0, 0.05) is 17.6 Å². The Morgan fingerprint density at radius 1 is 1.55 bits per heavy atom. The van der Waals surface area contributed by atoms with E-state index in [1.807, 2.05) is 0 Å². The third-order valence-electron chi connectivity index (χ3n) is 1.34. The minimum Gasteiger partial charge on any atom is -0.398 e. The van der Waals surface area contributed by atoms with Gasteiger partial charge in [0.1, 0.15) is 0 Å². The molecule has 11 heavy (non-hydrogen) atoms. The van der Waals surface area contributed by atoms with E-state index in [2.05, 4.69) is 4.98 Å². The van der Waals surface area contributed by atoms with Gasteiger partial charge in [-0.2, -0.15) is 0 Å². The number of hydrogen-bond acceptors (Lipinski definition) is 2. The molecule has 0 radical (unpaired) electrons. The molecule has 1 rings (SSSR count). The normalized spacial score (nSPS) is 10.5. The highest BCUT2D eigenvalue weighted by Crippen LogP contribution is 2.23. The van der Waals surface area contributed by atoms with E-state index in [0.717, 1.165) is 6.20 Å². The topological polar surface area (TPSA) is 38.9 Å². The lowest BCUT2D eigenvalue weighted by atomic mass is 10.2. The van der Waals surface area contributed by atoms with Gasteiger partial charge >= 0.3 is 0 Å². The second kappa shape index (κ2) is 2.82.